The number of rotatable bonds is 7. The minimum absolute atomic E-state index is 0.109. The maximum absolute atomic E-state index is 12.7. The molecular weight excluding hydrogens is 377 g/mol. The lowest BCUT2D eigenvalue weighted by atomic mass is 10.2. The van der Waals surface area contributed by atoms with E-state index in [1.807, 2.05) is 24.3 Å². The van der Waals surface area contributed by atoms with Gasteiger partial charge in [0, 0.05) is 18.8 Å². The predicted molar refractivity (Wildman–Crippen MR) is 101 cm³/mol. The Balaban J connectivity index is 1.40. The molecule has 0 saturated carbocycles. The third-order valence-electron chi connectivity index (χ3n) is 3.66. The number of carbonyl (C=O) groups is 1. The number of hydrogen-bond acceptors (Lipinski definition) is 5. The summed E-state index contributed by atoms with van der Waals surface area (Å²) in [6.07, 6.45) is -4.41. The zero-order chi connectivity index (χ0) is 19.3. The summed E-state index contributed by atoms with van der Waals surface area (Å²) in [6, 6.07) is 12.5. The van der Waals surface area contributed by atoms with Crippen LogP contribution in [0.5, 0.6) is 0 Å². The van der Waals surface area contributed by atoms with Crippen molar-refractivity contribution in [3.8, 4) is 0 Å². The summed E-state index contributed by atoms with van der Waals surface area (Å²) in [7, 11) is 0. The van der Waals surface area contributed by atoms with Crippen LogP contribution in [-0.4, -0.2) is 30.5 Å². The minimum Gasteiger partial charge on any atom is -0.376 e. The van der Waals surface area contributed by atoms with Gasteiger partial charge in [0.2, 0.25) is 5.91 Å². The Morgan fingerprint density at radius 1 is 1.04 bits per heavy atom. The lowest BCUT2D eigenvalue weighted by Gasteiger charge is -2.11. The monoisotopic (exact) mass is 394 g/mol. The number of benzene rings is 2. The molecule has 0 aliphatic heterocycles. The van der Waals surface area contributed by atoms with Crippen LogP contribution in [0.1, 0.15) is 5.56 Å². The average molecular weight is 394 g/mol. The fraction of sp³-hybridized carbons (Fsp3) is 0.222. The van der Waals surface area contributed by atoms with Crippen molar-refractivity contribution in [2.75, 3.05) is 30.3 Å². The number of anilines is 2. The number of hydrogen-bond donors (Lipinski definition) is 3. The topological polar surface area (TPSA) is 66.1 Å². The Bertz CT molecular complexity index is 893. The standard InChI is InChI=1S/C18H17F3N4OS/c19-18(20,21)12-4-3-5-13(10-12)24-11-16(26)22-8-9-23-17-25-14-6-1-2-7-15(14)27-17/h1-7,10,24H,8-9,11H2,(H,22,26)(H,23,25). The molecule has 0 bridgehead atoms. The number of para-hydroxylation sites is 1. The van der Waals surface area contributed by atoms with Gasteiger partial charge in [0.25, 0.3) is 0 Å². The Morgan fingerprint density at radius 3 is 2.63 bits per heavy atom. The molecule has 0 fully saturated rings. The van der Waals surface area contributed by atoms with E-state index in [9.17, 15) is 18.0 Å². The highest BCUT2D eigenvalue weighted by Gasteiger charge is 2.30. The highest BCUT2D eigenvalue weighted by atomic mass is 32.1. The zero-order valence-electron chi connectivity index (χ0n) is 14.1. The first-order valence-electron chi connectivity index (χ1n) is 8.19. The van der Waals surface area contributed by atoms with E-state index in [-0.39, 0.29) is 18.1 Å². The van der Waals surface area contributed by atoms with Crippen molar-refractivity contribution < 1.29 is 18.0 Å². The zero-order valence-corrected chi connectivity index (χ0v) is 15.0. The van der Waals surface area contributed by atoms with Crippen molar-refractivity contribution in [1.29, 1.82) is 0 Å². The number of carbonyl (C=O) groups excluding carboxylic acids is 1. The SMILES string of the molecule is O=C(CNc1cccc(C(F)(F)F)c1)NCCNc1nc2ccccc2s1. The Morgan fingerprint density at radius 2 is 1.85 bits per heavy atom. The lowest BCUT2D eigenvalue weighted by molar-refractivity contribution is -0.137. The maximum Gasteiger partial charge on any atom is 0.416 e. The average Bonchev–Trinajstić information content (AvgIpc) is 3.06. The van der Waals surface area contributed by atoms with Crippen LogP contribution in [-0.2, 0) is 11.0 Å². The lowest BCUT2D eigenvalue weighted by Crippen LogP contribution is -2.33. The molecule has 3 N–H and O–H groups in total. The van der Waals surface area contributed by atoms with E-state index in [0.717, 1.165) is 27.5 Å². The second-order valence-corrected chi connectivity index (χ2v) is 6.73. The Kier molecular flexibility index (Phi) is 5.80. The van der Waals surface area contributed by atoms with Crippen LogP contribution in [0.15, 0.2) is 48.5 Å². The van der Waals surface area contributed by atoms with Gasteiger partial charge in [-0.25, -0.2) is 4.98 Å². The summed E-state index contributed by atoms with van der Waals surface area (Å²) in [5, 5.41) is 9.29. The fourth-order valence-corrected chi connectivity index (χ4v) is 3.26. The van der Waals surface area contributed by atoms with Gasteiger partial charge in [0.05, 0.1) is 22.3 Å². The number of thiazole rings is 1. The van der Waals surface area contributed by atoms with Gasteiger partial charge >= 0.3 is 6.18 Å². The number of alkyl halides is 3. The molecular formula is C18H17F3N4OS. The number of aromatic nitrogens is 1. The molecule has 0 unspecified atom stereocenters. The third-order valence-corrected chi connectivity index (χ3v) is 4.65. The van der Waals surface area contributed by atoms with Crippen molar-refractivity contribution in [2.24, 2.45) is 0 Å². The van der Waals surface area contributed by atoms with Crippen molar-refractivity contribution >= 4 is 38.3 Å². The highest BCUT2D eigenvalue weighted by Crippen LogP contribution is 2.30. The summed E-state index contributed by atoms with van der Waals surface area (Å²) in [4.78, 5) is 16.2. The van der Waals surface area contributed by atoms with E-state index in [0.29, 0.717) is 13.1 Å². The van der Waals surface area contributed by atoms with Gasteiger partial charge in [-0.05, 0) is 30.3 Å². The van der Waals surface area contributed by atoms with Gasteiger partial charge in [-0.15, -0.1) is 0 Å². The first-order chi connectivity index (χ1) is 12.9. The quantitative estimate of drug-likeness (QED) is 0.531. The van der Waals surface area contributed by atoms with E-state index >= 15 is 0 Å². The van der Waals surface area contributed by atoms with Gasteiger partial charge in [0.15, 0.2) is 5.13 Å². The van der Waals surface area contributed by atoms with E-state index in [2.05, 4.69) is 20.9 Å². The number of nitrogens with zero attached hydrogens (tertiary/aromatic N) is 1. The second-order valence-electron chi connectivity index (χ2n) is 5.70. The second kappa shape index (κ2) is 8.26. The van der Waals surface area contributed by atoms with Crippen LogP contribution in [0.3, 0.4) is 0 Å². The molecule has 1 heterocycles. The smallest absolute Gasteiger partial charge is 0.376 e. The summed E-state index contributed by atoms with van der Waals surface area (Å²) in [6.45, 7) is 0.761. The van der Waals surface area contributed by atoms with E-state index < -0.39 is 11.7 Å². The molecule has 1 amide bonds. The molecule has 0 radical (unpaired) electrons. The number of fused-ring (bicyclic) bond motifs is 1. The van der Waals surface area contributed by atoms with Crippen molar-refractivity contribution in [1.82, 2.24) is 10.3 Å². The van der Waals surface area contributed by atoms with Crippen LogP contribution < -0.4 is 16.0 Å². The van der Waals surface area contributed by atoms with Crippen molar-refractivity contribution in [3.63, 3.8) is 0 Å². The molecule has 0 aliphatic rings. The summed E-state index contributed by atoms with van der Waals surface area (Å²) >= 11 is 1.53. The van der Waals surface area contributed by atoms with Gasteiger partial charge < -0.3 is 16.0 Å². The van der Waals surface area contributed by atoms with Crippen molar-refractivity contribution in [3.05, 3.63) is 54.1 Å². The van der Waals surface area contributed by atoms with Crippen LogP contribution in [0.2, 0.25) is 0 Å². The molecule has 0 aliphatic carbocycles. The van der Waals surface area contributed by atoms with E-state index in [4.69, 9.17) is 0 Å². The molecule has 142 valence electrons. The van der Waals surface area contributed by atoms with E-state index in [1.54, 1.807) is 0 Å². The summed E-state index contributed by atoms with van der Waals surface area (Å²) in [5.74, 6) is -0.307. The molecule has 0 saturated heterocycles. The number of amides is 1. The number of nitrogens with one attached hydrogen (secondary N) is 3. The molecule has 0 spiro atoms. The molecule has 0 atom stereocenters. The van der Waals surface area contributed by atoms with Crippen LogP contribution in [0.25, 0.3) is 10.2 Å². The van der Waals surface area contributed by atoms with Crippen LogP contribution in [0, 0.1) is 0 Å². The van der Waals surface area contributed by atoms with Gasteiger partial charge in [-0.1, -0.05) is 29.5 Å². The minimum atomic E-state index is -4.41. The number of halogens is 3. The largest absolute Gasteiger partial charge is 0.416 e. The first-order valence-corrected chi connectivity index (χ1v) is 9.01. The van der Waals surface area contributed by atoms with Crippen LogP contribution in [0.4, 0.5) is 24.0 Å². The maximum atomic E-state index is 12.7. The Labute approximate surface area is 157 Å². The van der Waals surface area contributed by atoms with Crippen LogP contribution >= 0.6 is 11.3 Å². The van der Waals surface area contributed by atoms with Crippen molar-refractivity contribution in [2.45, 2.75) is 6.18 Å². The predicted octanol–water partition coefficient (Wildman–Crippen LogP) is 3.96. The molecule has 27 heavy (non-hydrogen) atoms. The molecule has 3 rings (SSSR count). The normalized spacial score (nSPS) is 11.4. The molecule has 9 heteroatoms. The third kappa shape index (κ3) is 5.33. The fourth-order valence-electron chi connectivity index (χ4n) is 2.37. The molecule has 2 aromatic carbocycles. The summed E-state index contributed by atoms with van der Waals surface area (Å²) in [5.41, 5.74) is 0.403. The van der Waals surface area contributed by atoms with Gasteiger partial charge in [-0.3, -0.25) is 4.79 Å². The highest BCUT2D eigenvalue weighted by molar-refractivity contribution is 7.22. The van der Waals surface area contributed by atoms with Gasteiger partial charge in [0.1, 0.15) is 0 Å². The molecule has 5 nitrogen and oxygen atoms in total. The van der Waals surface area contributed by atoms with Gasteiger partial charge in [-0.2, -0.15) is 13.2 Å². The Hall–Kier alpha value is -2.81. The molecule has 1 aromatic heterocycles. The summed E-state index contributed by atoms with van der Waals surface area (Å²) < 4.78 is 39.1. The molecule has 3 aromatic rings. The first kappa shape index (κ1) is 19.0. The van der Waals surface area contributed by atoms with E-state index in [1.165, 1.54) is 23.5 Å².